The van der Waals surface area contributed by atoms with Crippen molar-refractivity contribution in [2.24, 2.45) is 0 Å². The fraction of sp³-hybridized carbons (Fsp3) is 0. The third kappa shape index (κ3) is 5.09. The fourth-order valence-corrected chi connectivity index (χ4v) is 7.41. The number of benzene rings is 7. The van der Waals surface area contributed by atoms with Crippen LogP contribution < -0.4 is 0 Å². The van der Waals surface area contributed by atoms with Crippen LogP contribution >= 0.6 is 0 Å². The number of pyridine rings is 2. The van der Waals surface area contributed by atoms with Crippen LogP contribution in [-0.4, -0.2) is 19.9 Å². The highest BCUT2D eigenvalue weighted by Gasteiger charge is 2.19. The maximum absolute atomic E-state index is 5.30. The molecule has 0 amide bonds. The van der Waals surface area contributed by atoms with Gasteiger partial charge >= 0.3 is 0 Å². The topological polar surface area (TPSA) is 51.6 Å². The summed E-state index contributed by atoms with van der Waals surface area (Å²) in [4.78, 5) is 20.8. The summed E-state index contributed by atoms with van der Waals surface area (Å²) in [5.41, 5.74) is 9.56. The van der Waals surface area contributed by atoms with Crippen LogP contribution in [0.15, 0.2) is 182 Å². The Hall–Kier alpha value is -7.04. The second-order valence-corrected chi connectivity index (χ2v) is 13.0. The van der Waals surface area contributed by atoms with Crippen LogP contribution in [0.5, 0.6) is 0 Å². The summed E-state index contributed by atoms with van der Waals surface area (Å²) in [5.74, 6) is 0.653. The summed E-state index contributed by atoms with van der Waals surface area (Å²) in [6.07, 6.45) is 1.97. The van der Waals surface area contributed by atoms with Gasteiger partial charge in [0, 0.05) is 44.4 Å². The Labute approximate surface area is 300 Å². The van der Waals surface area contributed by atoms with E-state index in [1.54, 1.807) is 0 Å². The molecule has 0 aliphatic heterocycles. The average molecular weight is 663 g/mol. The summed E-state index contributed by atoms with van der Waals surface area (Å²) in [6, 6.07) is 61.1. The van der Waals surface area contributed by atoms with Gasteiger partial charge in [-0.05, 0) is 39.4 Å². The maximum atomic E-state index is 5.30. The predicted octanol–water partition coefficient (Wildman–Crippen LogP) is 12.2. The zero-order valence-corrected chi connectivity index (χ0v) is 28.1. The van der Waals surface area contributed by atoms with E-state index in [9.17, 15) is 0 Å². The van der Waals surface area contributed by atoms with Gasteiger partial charge in [-0.15, -0.1) is 0 Å². The van der Waals surface area contributed by atoms with Gasteiger partial charge in [0.1, 0.15) is 0 Å². The van der Waals surface area contributed by atoms with Crippen molar-refractivity contribution in [1.29, 1.82) is 0 Å². The molecule has 10 rings (SSSR count). The van der Waals surface area contributed by atoms with E-state index in [2.05, 4.69) is 152 Å². The van der Waals surface area contributed by atoms with Crippen molar-refractivity contribution in [2.45, 2.75) is 0 Å². The Morgan fingerprint density at radius 1 is 0.346 bits per heavy atom. The Morgan fingerprint density at radius 2 is 0.942 bits per heavy atom. The average Bonchev–Trinajstić information content (AvgIpc) is 3.23. The minimum absolute atomic E-state index is 0.653. The van der Waals surface area contributed by atoms with E-state index in [0.717, 1.165) is 72.1 Å². The number of hydrogen-bond donors (Lipinski definition) is 0. The Kier molecular flexibility index (Phi) is 7.10. The molecule has 0 saturated carbocycles. The molecule has 0 radical (unpaired) electrons. The minimum Gasteiger partial charge on any atom is -0.253 e. The molecule has 0 N–H and O–H groups in total. The van der Waals surface area contributed by atoms with Crippen LogP contribution in [0.2, 0.25) is 0 Å². The first-order valence-electron chi connectivity index (χ1n) is 17.5. The van der Waals surface area contributed by atoms with Crippen molar-refractivity contribution in [3.05, 3.63) is 182 Å². The molecule has 0 saturated heterocycles. The van der Waals surface area contributed by atoms with Gasteiger partial charge in [-0.25, -0.2) is 15.0 Å². The van der Waals surface area contributed by atoms with Crippen molar-refractivity contribution in [2.75, 3.05) is 0 Å². The van der Waals surface area contributed by atoms with E-state index >= 15 is 0 Å². The lowest BCUT2D eigenvalue weighted by Crippen LogP contribution is -1.99. The van der Waals surface area contributed by atoms with Gasteiger partial charge in [0.25, 0.3) is 0 Å². The second kappa shape index (κ2) is 12.4. The highest BCUT2D eigenvalue weighted by Crippen LogP contribution is 2.41. The molecular formula is C48H30N4. The van der Waals surface area contributed by atoms with Crippen LogP contribution in [0.3, 0.4) is 0 Å². The van der Waals surface area contributed by atoms with Gasteiger partial charge in [0.15, 0.2) is 5.82 Å². The molecule has 4 nitrogen and oxygen atoms in total. The molecule has 3 heterocycles. The van der Waals surface area contributed by atoms with Crippen molar-refractivity contribution >= 4 is 43.2 Å². The number of aromatic nitrogens is 4. The molecule has 0 fully saturated rings. The lowest BCUT2D eigenvalue weighted by atomic mass is 9.93. The zero-order valence-electron chi connectivity index (χ0n) is 28.1. The molecule has 10 aromatic rings. The van der Waals surface area contributed by atoms with Gasteiger partial charge < -0.3 is 0 Å². The van der Waals surface area contributed by atoms with E-state index < -0.39 is 0 Å². The number of rotatable bonds is 5. The minimum atomic E-state index is 0.653. The molecule has 52 heavy (non-hydrogen) atoms. The Balaban J connectivity index is 1.18. The molecule has 0 unspecified atom stereocenters. The van der Waals surface area contributed by atoms with E-state index in [4.69, 9.17) is 19.9 Å². The lowest BCUT2D eigenvalue weighted by molar-refractivity contribution is 1.17. The molecule has 0 aliphatic carbocycles. The van der Waals surface area contributed by atoms with Crippen LogP contribution in [0.1, 0.15) is 0 Å². The van der Waals surface area contributed by atoms with Crippen molar-refractivity contribution < 1.29 is 0 Å². The fourth-order valence-electron chi connectivity index (χ4n) is 7.41. The molecule has 0 bridgehead atoms. The molecule has 7 aromatic carbocycles. The van der Waals surface area contributed by atoms with Crippen LogP contribution in [0.4, 0.5) is 0 Å². The van der Waals surface area contributed by atoms with Gasteiger partial charge in [0.2, 0.25) is 0 Å². The maximum Gasteiger partial charge on any atom is 0.160 e. The summed E-state index contributed by atoms with van der Waals surface area (Å²) >= 11 is 0. The number of para-hydroxylation sites is 1. The van der Waals surface area contributed by atoms with Crippen molar-refractivity contribution in [1.82, 2.24) is 19.9 Å². The standard InChI is InChI=1S/C48H30N4/c1-3-13-31(14-4-1)32-23-25-35(26-24-32)48-51-43(34-16-5-2-6-17-34)29-44(52-48)47-38-20-10-9-19-37(38)41(30-49-47)46-40-28-27-33-15-7-8-18-36(33)45(40)39-21-11-12-22-42(39)50-46/h1-30H. The monoisotopic (exact) mass is 662 g/mol. The normalized spacial score (nSPS) is 11.5. The molecular weight excluding hydrogens is 633 g/mol. The SMILES string of the molecule is c1ccc(-c2ccc(-c3nc(-c4ccccc4)cc(-c4ncc(-c5nc6ccccc6c6c5ccc5ccccc56)c5ccccc45)n3)cc2)cc1. The van der Waals surface area contributed by atoms with E-state index in [0.29, 0.717) is 5.82 Å². The number of fused-ring (bicyclic) bond motifs is 6. The van der Waals surface area contributed by atoms with Gasteiger partial charge in [-0.2, -0.15) is 0 Å². The van der Waals surface area contributed by atoms with Crippen molar-refractivity contribution in [3.8, 4) is 56.4 Å². The van der Waals surface area contributed by atoms with E-state index in [-0.39, 0.29) is 0 Å². The van der Waals surface area contributed by atoms with Gasteiger partial charge in [0.05, 0.1) is 28.3 Å². The van der Waals surface area contributed by atoms with Crippen LogP contribution in [-0.2, 0) is 0 Å². The quantitative estimate of drug-likeness (QED) is 0.172. The highest BCUT2D eigenvalue weighted by atomic mass is 14.9. The first-order valence-corrected chi connectivity index (χ1v) is 17.5. The first-order chi connectivity index (χ1) is 25.8. The smallest absolute Gasteiger partial charge is 0.160 e. The molecule has 242 valence electrons. The predicted molar refractivity (Wildman–Crippen MR) is 215 cm³/mol. The van der Waals surface area contributed by atoms with Gasteiger partial charge in [-0.3, -0.25) is 4.98 Å². The van der Waals surface area contributed by atoms with Gasteiger partial charge in [-0.1, -0.05) is 164 Å². The highest BCUT2D eigenvalue weighted by molar-refractivity contribution is 6.23. The second-order valence-electron chi connectivity index (χ2n) is 13.0. The van der Waals surface area contributed by atoms with Crippen LogP contribution in [0, 0.1) is 0 Å². The summed E-state index contributed by atoms with van der Waals surface area (Å²) in [6.45, 7) is 0. The summed E-state index contributed by atoms with van der Waals surface area (Å²) in [5, 5.41) is 7.95. The lowest BCUT2D eigenvalue weighted by Gasteiger charge is -2.15. The largest absolute Gasteiger partial charge is 0.253 e. The third-order valence-corrected chi connectivity index (χ3v) is 9.93. The Morgan fingerprint density at radius 3 is 1.73 bits per heavy atom. The molecule has 0 spiro atoms. The Bertz CT molecular complexity index is 2920. The molecule has 0 aliphatic rings. The van der Waals surface area contributed by atoms with E-state index in [1.165, 1.54) is 21.7 Å². The summed E-state index contributed by atoms with van der Waals surface area (Å²) in [7, 11) is 0. The number of hydrogen-bond acceptors (Lipinski definition) is 4. The molecule has 3 aromatic heterocycles. The first kappa shape index (κ1) is 29.8. The summed E-state index contributed by atoms with van der Waals surface area (Å²) < 4.78 is 0. The van der Waals surface area contributed by atoms with Crippen molar-refractivity contribution in [3.63, 3.8) is 0 Å². The van der Waals surface area contributed by atoms with E-state index in [1.807, 2.05) is 30.5 Å². The number of nitrogens with zero attached hydrogens (tertiary/aromatic N) is 4. The molecule has 4 heteroatoms. The molecule has 0 atom stereocenters. The zero-order chi connectivity index (χ0) is 34.4. The third-order valence-electron chi connectivity index (χ3n) is 9.93. The van der Waals surface area contributed by atoms with Crippen LogP contribution in [0.25, 0.3) is 99.6 Å².